The van der Waals surface area contributed by atoms with Crippen molar-refractivity contribution >= 4 is 16.5 Å². The summed E-state index contributed by atoms with van der Waals surface area (Å²) in [5.41, 5.74) is 0. The van der Waals surface area contributed by atoms with E-state index in [1.54, 1.807) is 0 Å². The third kappa shape index (κ3) is 2.59. The molecule has 1 aromatic rings. The van der Waals surface area contributed by atoms with Gasteiger partial charge in [-0.1, -0.05) is 11.3 Å². The maximum Gasteiger partial charge on any atom is 0.445 e. The standard InChI is InChI=1S/C10H13F3N4S/c11-10(12,13)8-16-17-9(18-8)15-4-7-2-5-1-6(5)3-14-7/h5-7,14H,1-4H2,(H,15,17)/t5-,6+,7+/m1/s1. The summed E-state index contributed by atoms with van der Waals surface area (Å²) < 4.78 is 37.0. The van der Waals surface area contributed by atoms with Crippen molar-refractivity contribution in [2.24, 2.45) is 11.8 Å². The first-order chi connectivity index (χ1) is 8.52. The number of fused-ring (bicyclic) bond motifs is 1. The molecule has 2 fully saturated rings. The van der Waals surface area contributed by atoms with Gasteiger partial charge in [-0.3, -0.25) is 0 Å². The Morgan fingerprint density at radius 2 is 2.11 bits per heavy atom. The number of hydrogen-bond donors (Lipinski definition) is 2. The van der Waals surface area contributed by atoms with E-state index >= 15 is 0 Å². The number of piperidine rings is 1. The maximum atomic E-state index is 12.3. The lowest BCUT2D eigenvalue weighted by atomic mass is 10.1. The number of hydrogen-bond acceptors (Lipinski definition) is 5. The van der Waals surface area contributed by atoms with Crippen LogP contribution >= 0.6 is 11.3 Å². The molecule has 1 saturated carbocycles. The number of alkyl halides is 3. The number of aromatic nitrogens is 2. The lowest BCUT2D eigenvalue weighted by Gasteiger charge is -2.22. The number of rotatable bonds is 3. The number of nitrogens with one attached hydrogen (secondary N) is 2. The third-order valence-corrected chi connectivity index (χ3v) is 4.42. The largest absolute Gasteiger partial charge is 0.445 e. The van der Waals surface area contributed by atoms with Crippen molar-refractivity contribution in [2.75, 3.05) is 18.4 Å². The smallest absolute Gasteiger partial charge is 0.359 e. The van der Waals surface area contributed by atoms with E-state index in [0.717, 1.165) is 24.8 Å². The van der Waals surface area contributed by atoms with Gasteiger partial charge in [-0.25, -0.2) is 0 Å². The summed E-state index contributed by atoms with van der Waals surface area (Å²) in [5, 5.41) is 12.3. The number of nitrogens with zero attached hydrogens (tertiary/aromatic N) is 2. The molecule has 2 aliphatic rings. The molecule has 0 unspecified atom stereocenters. The van der Waals surface area contributed by atoms with Crippen LogP contribution in [-0.4, -0.2) is 29.3 Å². The first-order valence-corrected chi connectivity index (χ1v) is 6.72. The van der Waals surface area contributed by atoms with E-state index < -0.39 is 11.2 Å². The van der Waals surface area contributed by atoms with E-state index in [0.29, 0.717) is 23.9 Å². The summed E-state index contributed by atoms with van der Waals surface area (Å²) in [6, 6.07) is 0.326. The highest BCUT2D eigenvalue weighted by Gasteiger charge is 2.41. The van der Waals surface area contributed by atoms with Crippen molar-refractivity contribution in [1.29, 1.82) is 0 Å². The van der Waals surface area contributed by atoms with Crippen molar-refractivity contribution in [2.45, 2.75) is 25.1 Å². The van der Waals surface area contributed by atoms with Crippen LogP contribution in [0.5, 0.6) is 0 Å². The molecule has 18 heavy (non-hydrogen) atoms. The summed E-state index contributed by atoms with van der Waals surface area (Å²) in [4.78, 5) is 0. The zero-order valence-electron chi connectivity index (χ0n) is 9.50. The van der Waals surface area contributed by atoms with Crippen LogP contribution in [0.15, 0.2) is 0 Å². The van der Waals surface area contributed by atoms with Gasteiger partial charge in [-0.05, 0) is 31.2 Å². The molecule has 4 nitrogen and oxygen atoms in total. The Kier molecular flexibility index (Phi) is 2.93. The monoisotopic (exact) mass is 278 g/mol. The number of halogens is 3. The summed E-state index contributed by atoms with van der Waals surface area (Å²) in [5.74, 6) is 1.65. The second-order valence-electron chi connectivity index (χ2n) is 4.89. The van der Waals surface area contributed by atoms with E-state index in [2.05, 4.69) is 20.8 Å². The minimum Gasteiger partial charge on any atom is -0.359 e. The fourth-order valence-electron chi connectivity index (χ4n) is 2.39. The molecule has 1 aromatic heterocycles. The van der Waals surface area contributed by atoms with E-state index in [9.17, 15) is 13.2 Å². The quantitative estimate of drug-likeness (QED) is 0.887. The molecule has 0 spiro atoms. The Balaban J connectivity index is 1.52. The average molecular weight is 278 g/mol. The van der Waals surface area contributed by atoms with E-state index in [4.69, 9.17) is 0 Å². The molecule has 0 bridgehead atoms. The molecule has 3 atom stereocenters. The molecule has 0 aromatic carbocycles. The van der Waals surface area contributed by atoms with Gasteiger partial charge >= 0.3 is 6.18 Å². The van der Waals surface area contributed by atoms with Gasteiger partial charge in [-0.15, -0.1) is 10.2 Å². The van der Waals surface area contributed by atoms with Crippen LogP contribution < -0.4 is 10.6 Å². The maximum absolute atomic E-state index is 12.3. The van der Waals surface area contributed by atoms with Crippen LogP contribution in [0.3, 0.4) is 0 Å². The molecule has 0 amide bonds. The zero-order chi connectivity index (χ0) is 12.8. The Bertz CT molecular complexity index is 433. The second kappa shape index (κ2) is 4.34. The normalized spacial score (nSPS) is 30.9. The zero-order valence-corrected chi connectivity index (χ0v) is 10.3. The van der Waals surface area contributed by atoms with Gasteiger partial charge in [0.1, 0.15) is 0 Å². The minimum atomic E-state index is -4.40. The van der Waals surface area contributed by atoms with Crippen LogP contribution in [0, 0.1) is 11.8 Å². The fourth-order valence-corrected chi connectivity index (χ4v) is 3.01. The van der Waals surface area contributed by atoms with E-state index in [-0.39, 0.29) is 5.13 Å². The molecule has 2 N–H and O–H groups in total. The Hall–Kier alpha value is -0.890. The van der Waals surface area contributed by atoms with Crippen LogP contribution in [0.2, 0.25) is 0 Å². The predicted octanol–water partition coefficient (Wildman–Crippen LogP) is 1.97. The highest BCUT2D eigenvalue weighted by molar-refractivity contribution is 7.15. The third-order valence-electron chi connectivity index (χ3n) is 3.49. The van der Waals surface area contributed by atoms with Crippen LogP contribution in [-0.2, 0) is 6.18 Å². The first-order valence-electron chi connectivity index (χ1n) is 5.90. The molecule has 3 rings (SSSR count). The molecule has 2 heterocycles. The van der Waals surface area contributed by atoms with Crippen LogP contribution in [0.1, 0.15) is 17.8 Å². The molecule has 8 heteroatoms. The molecular weight excluding hydrogens is 265 g/mol. The molecule has 100 valence electrons. The molecule has 1 aliphatic heterocycles. The number of anilines is 1. The summed E-state index contributed by atoms with van der Waals surface area (Å²) in [6.07, 6.45) is -2.01. The summed E-state index contributed by atoms with van der Waals surface area (Å²) in [7, 11) is 0. The van der Waals surface area contributed by atoms with Gasteiger partial charge in [0.15, 0.2) is 0 Å². The predicted molar refractivity (Wildman–Crippen MR) is 61.4 cm³/mol. The minimum absolute atomic E-state index is 0.238. The SMILES string of the molecule is FC(F)(F)c1nnc(NC[C@@H]2C[C@H]3C[C@H]3CN2)s1. The van der Waals surface area contributed by atoms with Crippen LogP contribution in [0.4, 0.5) is 18.3 Å². The van der Waals surface area contributed by atoms with Crippen LogP contribution in [0.25, 0.3) is 0 Å². The Morgan fingerprint density at radius 1 is 1.28 bits per heavy atom. The van der Waals surface area contributed by atoms with Crippen molar-refractivity contribution in [3.8, 4) is 0 Å². The molecule has 0 radical (unpaired) electrons. The van der Waals surface area contributed by atoms with Gasteiger partial charge in [0, 0.05) is 12.6 Å². The first kappa shape index (κ1) is 12.2. The van der Waals surface area contributed by atoms with Crippen molar-refractivity contribution in [1.82, 2.24) is 15.5 Å². The van der Waals surface area contributed by atoms with Crippen molar-refractivity contribution in [3.63, 3.8) is 0 Å². The van der Waals surface area contributed by atoms with Crippen molar-refractivity contribution in [3.05, 3.63) is 5.01 Å². The molecule has 1 saturated heterocycles. The highest BCUT2D eigenvalue weighted by Crippen LogP contribution is 2.44. The van der Waals surface area contributed by atoms with Gasteiger partial charge in [-0.2, -0.15) is 13.2 Å². The summed E-state index contributed by atoms with van der Waals surface area (Å²) in [6.45, 7) is 1.64. The second-order valence-corrected chi connectivity index (χ2v) is 5.87. The molecular formula is C10H13F3N4S. The Labute approximate surface area is 106 Å². The summed E-state index contributed by atoms with van der Waals surface area (Å²) >= 11 is 0.553. The highest BCUT2D eigenvalue weighted by atomic mass is 32.1. The van der Waals surface area contributed by atoms with Gasteiger partial charge in [0.05, 0.1) is 0 Å². The van der Waals surface area contributed by atoms with Gasteiger partial charge in [0.25, 0.3) is 0 Å². The van der Waals surface area contributed by atoms with Crippen molar-refractivity contribution < 1.29 is 13.2 Å². The Morgan fingerprint density at radius 3 is 2.78 bits per heavy atom. The molecule has 1 aliphatic carbocycles. The van der Waals surface area contributed by atoms with E-state index in [1.165, 1.54) is 6.42 Å². The fraction of sp³-hybridized carbons (Fsp3) is 0.800. The lowest BCUT2D eigenvalue weighted by Crippen LogP contribution is -2.40. The van der Waals surface area contributed by atoms with Gasteiger partial charge < -0.3 is 10.6 Å². The lowest BCUT2D eigenvalue weighted by molar-refractivity contribution is -0.138. The van der Waals surface area contributed by atoms with Gasteiger partial charge in [0.2, 0.25) is 10.1 Å². The topological polar surface area (TPSA) is 49.8 Å². The average Bonchev–Trinajstić information content (AvgIpc) is 2.90. The van der Waals surface area contributed by atoms with E-state index in [1.807, 2.05) is 0 Å².